The molecule has 1 aromatic heterocycles. The van der Waals surface area contributed by atoms with Gasteiger partial charge in [0.2, 0.25) is 0 Å². The third-order valence-corrected chi connectivity index (χ3v) is 4.52. The summed E-state index contributed by atoms with van der Waals surface area (Å²) in [6.07, 6.45) is 1.08. The van der Waals surface area contributed by atoms with Crippen LogP contribution in [0.1, 0.15) is 36.0 Å². The van der Waals surface area contributed by atoms with Crippen molar-refractivity contribution in [2.45, 2.75) is 25.7 Å². The molecule has 1 unspecified atom stereocenters. The van der Waals surface area contributed by atoms with E-state index in [2.05, 4.69) is 6.92 Å². The number of aryl methyl sites for hydroxylation is 1. The van der Waals surface area contributed by atoms with Crippen molar-refractivity contribution < 1.29 is 13.9 Å². The van der Waals surface area contributed by atoms with E-state index in [4.69, 9.17) is 9.15 Å². The minimum absolute atomic E-state index is 0.140. The molecule has 4 heteroatoms. The molecule has 120 valence electrons. The molecule has 0 amide bonds. The maximum absolute atomic E-state index is 12.5. The van der Waals surface area contributed by atoms with E-state index in [9.17, 15) is 9.59 Å². The number of ether oxygens (including phenoxy) is 1. The quantitative estimate of drug-likeness (QED) is 0.532. The number of esters is 1. The van der Waals surface area contributed by atoms with Crippen LogP contribution in [0, 0.1) is 0 Å². The SMILES string of the molecule is CCc1ccc(C2CC(=O)Oc3c2c(=O)oc2ccccc32)cc1. The zero-order valence-electron chi connectivity index (χ0n) is 13.2. The van der Waals surface area contributed by atoms with Gasteiger partial charge in [-0.2, -0.15) is 0 Å². The Morgan fingerprint density at radius 2 is 1.79 bits per heavy atom. The van der Waals surface area contributed by atoms with Gasteiger partial charge in [0.05, 0.1) is 17.4 Å². The number of carbonyl (C=O) groups excluding carboxylic acids is 1. The van der Waals surface area contributed by atoms with Gasteiger partial charge in [0.25, 0.3) is 0 Å². The Hall–Kier alpha value is -2.88. The van der Waals surface area contributed by atoms with Crippen molar-refractivity contribution in [1.82, 2.24) is 0 Å². The highest BCUT2D eigenvalue weighted by molar-refractivity contribution is 5.90. The topological polar surface area (TPSA) is 56.5 Å². The van der Waals surface area contributed by atoms with Crippen molar-refractivity contribution >= 4 is 16.9 Å². The van der Waals surface area contributed by atoms with Crippen molar-refractivity contribution in [2.75, 3.05) is 0 Å². The Labute approximate surface area is 138 Å². The van der Waals surface area contributed by atoms with Gasteiger partial charge >= 0.3 is 11.6 Å². The number of fused-ring (bicyclic) bond motifs is 3. The largest absolute Gasteiger partial charge is 0.425 e. The number of hydrogen-bond donors (Lipinski definition) is 0. The first-order valence-electron chi connectivity index (χ1n) is 8.02. The van der Waals surface area contributed by atoms with Crippen molar-refractivity contribution in [3.8, 4) is 5.75 Å². The molecular formula is C20H16O4. The summed E-state index contributed by atoms with van der Waals surface area (Å²) in [6.45, 7) is 2.09. The molecule has 0 spiro atoms. The zero-order valence-corrected chi connectivity index (χ0v) is 13.2. The molecular weight excluding hydrogens is 304 g/mol. The van der Waals surface area contributed by atoms with Gasteiger partial charge in [0, 0.05) is 5.92 Å². The lowest BCUT2D eigenvalue weighted by atomic mass is 9.86. The van der Waals surface area contributed by atoms with Crippen LogP contribution in [0.25, 0.3) is 11.0 Å². The van der Waals surface area contributed by atoms with Gasteiger partial charge < -0.3 is 9.15 Å². The highest BCUT2D eigenvalue weighted by atomic mass is 16.5. The van der Waals surface area contributed by atoms with Gasteiger partial charge in [-0.3, -0.25) is 4.79 Å². The Morgan fingerprint density at radius 1 is 1.04 bits per heavy atom. The Morgan fingerprint density at radius 3 is 2.54 bits per heavy atom. The molecule has 0 saturated carbocycles. The summed E-state index contributed by atoms with van der Waals surface area (Å²) in [5.41, 5.74) is 2.55. The molecule has 0 saturated heterocycles. The number of rotatable bonds is 2. The van der Waals surface area contributed by atoms with Crippen LogP contribution in [0.2, 0.25) is 0 Å². The highest BCUT2D eigenvalue weighted by Gasteiger charge is 2.33. The van der Waals surface area contributed by atoms with E-state index in [1.165, 1.54) is 5.56 Å². The average molecular weight is 320 g/mol. The molecule has 0 N–H and O–H groups in total. The van der Waals surface area contributed by atoms with Crippen molar-refractivity contribution in [3.63, 3.8) is 0 Å². The van der Waals surface area contributed by atoms with Crippen LogP contribution in [-0.2, 0) is 11.2 Å². The fourth-order valence-corrected chi connectivity index (χ4v) is 3.24. The Kier molecular flexibility index (Phi) is 3.45. The van der Waals surface area contributed by atoms with E-state index < -0.39 is 5.63 Å². The summed E-state index contributed by atoms with van der Waals surface area (Å²) in [5.74, 6) is -0.335. The second-order valence-corrected chi connectivity index (χ2v) is 5.95. The van der Waals surface area contributed by atoms with Crippen LogP contribution < -0.4 is 10.4 Å². The van der Waals surface area contributed by atoms with Crippen LogP contribution in [0.3, 0.4) is 0 Å². The fourth-order valence-electron chi connectivity index (χ4n) is 3.24. The van der Waals surface area contributed by atoms with E-state index in [1.54, 1.807) is 18.2 Å². The summed E-state index contributed by atoms with van der Waals surface area (Å²) in [4.78, 5) is 24.7. The van der Waals surface area contributed by atoms with Crippen LogP contribution in [0.4, 0.5) is 0 Å². The monoisotopic (exact) mass is 320 g/mol. The molecule has 0 radical (unpaired) electrons. The summed E-state index contributed by atoms with van der Waals surface area (Å²) in [7, 11) is 0. The lowest BCUT2D eigenvalue weighted by Crippen LogP contribution is -2.26. The first-order chi connectivity index (χ1) is 11.7. The summed E-state index contributed by atoms with van der Waals surface area (Å²) >= 11 is 0. The molecule has 0 fully saturated rings. The Balaban J connectivity index is 1.94. The smallest absolute Gasteiger partial charge is 0.343 e. The van der Waals surface area contributed by atoms with Gasteiger partial charge in [-0.15, -0.1) is 0 Å². The number of benzene rings is 2. The van der Waals surface area contributed by atoms with E-state index in [1.807, 2.05) is 30.3 Å². The standard InChI is InChI=1S/C20H16O4/c1-2-12-7-9-13(10-8-12)15-11-17(21)24-19-14-5-3-4-6-16(14)23-20(22)18(15)19/h3-10,15H,2,11H2,1H3. The second-order valence-electron chi connectivity index (χ2n) is 5.95. The summed E-state index contributed by atoms with van der Waals surface area (Å²) in [5, 5.41) is 0.648. The first-order valence-corrected chi connectivity index (χ1v) is 8.02. The number of hydrogen-bond acceptors (Lipinski definition) is 4. The predicted molar refractivity (Wildman–Crippen MR) is 90.4 cm³/mol. The molecule has 4 rings (SSSR count). The van der Waals surface area contributed by atoms with Gasteiger partial charge in [-0.05, 0) is 29.7 Å². The van der Waals surface area contributed by atoms with Gasteiger partial charge in [-0.25, -0.2) is 4.79 Å². The molecule has 0 bridgehead atoms. The van der Waals surface area contributed by atoms with Crippen molar-refractivity contribution in [1.29, 1.82) is 0 Å². The van der Waals surface area contributed by atoms with E-state index in [0.717, 1.165) is 12.0 Å². The highest BCUT2D eigenvalue weighted by Crippen LogP contribution is 2.40. The summed E-state index contributed by atoms with van der Waals surface area (Å²) < 4.78 is 10.9. The van der Waals surface area contributed by atoms with Gasteiger partial charge in [0.15, 0.2) is 5.75 Å². The van der Waals surface area contributed by atoms with E-state index in [-0.39, 0.29) is 18.3 Å². The lowest BCUT2D eigenvalue weighted by Gasteiger charge is -2.24. The first kappa shape index (κ1) is 14.7. The molecule has 1 atom stereocenters. The van der Waals surface area contributed by atoms with Gasteiger partial charge in [0.1, 0.15) is 5.58 Å². The molecule has 24 heavy (non-hydrogen) atoms. The van der Waals surface area contributed by atoms with Crippen LogP contribution >= 0.6 is 0 Å². The molecule has 2 aromatic carbocycles. The average Bonchev–Trinajstić information content (AvgIpc) is 2.61. The second kappa shape index (κ2) is 5.64. The maximum Gasteiger partial charge on any atom is 0.343 e. The molecule has 3 aromatic rings. The summed E-state index contributed by atoms with van der Waals surface area (Å²) in [6, 6.07) is 15.1. The third kappa shape index (κ3) is 2.31. The third-order valence-electron chi connectivity index (χ3n) is 4.52. The van der Waals surface area contributed by atoms with Crippen molar-refractivity contribution in [3.05, 3.63) is 75.6 Å². The molecule has 0 aliphatic carbocycles. The molecule has 4 nitrogen and oxygen atoms in total. The van der Waals surface area contributed by atoms with E-state index in [0.29, 0.717) is 22.3 Å². The van der Waals surface area contributed by atoms with Crippen LogP contribution in [0.5, 0.6) is 5.75 Å². The molecule has 2 heterocycles. The Bertz CT molecular complexity index is 983. The maximum atomic E-state index is 12.5. The predicted octanol–water partition coefficient (Wildman–Crippen LogP) is 3.80. The zero-order chi connectivity index (χ0) is 16.7. The van der Waals surface area contributed by atoms with Crippen LogP contribution in [0.15, 0.2) is 57.7 Å². The normalized spacial score (nSPS) is 16.7. The van der Waals surface area contributed by atoms with Crippen LogP contribution in [-0.4, -0.2) is 5.97 Å². The fraction of sp³-hybridized carbons (Fsp3) is 0.200. The van der Waals surface area contributed by atoms with Crippen molar-refractivity contribution in [2.24, 2.45) is 0 Å². The number of para-hydroxylation sites is 1. The molecule has 1 aliphatic heterocycles. The lowest BCUT2D eigenvalue weighted by molar-refractivity contribution is -0.135. The minimum Gasteiger partial charge on any atom is -0.425 e. The van der Waals surface area contributed by atoms with Gasteiger partial charge in [-0.1, -0.05) is 43.3 Å². The van der Waals surface area contributed by atoms with E-state index >= 15 is 0 Å². The number of carbonyl (C=O) groups is 1. The molecule has 1 aliphatic rings. The minimum atomic E-state index is -0.444.